The number of carbonyl (C=O) groups is 3. The number of hydrogen-bond acceptors (Lipinski definition) is 3. The minimum absolute atomic E-state index is 0.217. The monoisotopic (exact) mass is 512 g/mol. The van der Waals surface area contributed by atoms with Crippen LogP contribution in [0.4, 0.5) is 11.4 Å². The molecule has 2 atom stereocenters. The highest BCUT2D eigenvalue weighted by molar-refractivity contribution is 6.27. The second-order valence-corrected chi connectivity index (χ2v) is 11.3. The minimum atomic E-state index is -0.957. The summed E-state index contributed by atoms with van der Waals surface area (Å²) in [6.07, 6.45) is 0. The molecule has 5 heteroatoms. The van der Waals surface area contributed by atoms with Gasteiger partial charge in [0.05, 0.1) is 22.6 Å². The van der Waals surface area contributed by atoms with Gasteiger partial charge in [-0.2, -0.15) is 0 Å². The Balaban J connectivity index is 1.34. The number of imide groups is 1. The van der Waals surface area contributed by atoms with E-state index in [4.69, 9.17) is 0 Å². The highest BCUT2D eigenvalue weighted by Gasteiger charge is 2.69. The Hall–Kier alpha value is -4.51. The molecule has 0 saturated carbocycles. The lowest BCUT2D eigenvalue weighted by molar-refractivity contribution is -0.128. The van der Waals surface area contributed by atoms with Crippen molar-refractivity contribution in [3.05, 3.63) is 130 Å². The number of carbonyl (C=O) groups excluding carboxylic acids is 3. The summed E-state index contributed by atoms with van der Waals surface area (Å²) in [6, 6.07) is 29.1. The third-order valence-corrected chi connectivity index (χ3v) is 8.88. The standard InChI is InChI=1S/C34H28N2O3/c1-19-16-20(2)18-21(17-19)35-31(37)26-14-8-9-15-27(26)36-32(38)30-28-22-10-4-6-12-24(22)29(34(30,3)33(36)39)25-13-7-5-11-23(25)28/h4-18,28-30H,1-3H3,(H,35,37)/t28?,29?,30-,34+/m0/s1. The molecule has 1 N–H and O–H groups in total. The van der Waals surface area contributed by atoms with Crippen LogP contribution in [0.2, 0.25) is 0 Å². The van der Waals surface area contributed by atoms with Crippen LogP contribution in [-0.2, 0) is 9.59 Å². The molecule has 1 saturated heterocycles. The van der Waals surface area contributed by atoms with Crippen molar-refractivity contribution in [3.8, 4) is 0 Å². The second-order valence-electron chi connectivity index (χ2n) is 11.3. The van der Waals surface area contributed by atoms with Crippen molar-refractivity contribution in [2.45, 2.75) is 32.6 Å². The van der Waals surface area contributed by atoms with Gasteiger partial charge in [0, 0.05) is 17.5 Å². The maximum absolute atomic E-state index is 14.5. The van der Waals surface area contributed by atoms with Crippen LogP contribution in [0.5, 0.6) is 0 Å². The van der Waals surface area contributed by atoms with Crippen LogP contribution in [0.3, 0.4) is 0 Å². The first-order valence-electron chi connectivity index (χ1n) is 13.4. The zero-order chi connectivity index (χ0) is 27.1. The maximum atomic E-state index is 14.5. The van der Waals surface area contributed by atoms with Gasteiger partial charge in [0.15, 0.2) is 0 Å². The molecule has 4 aromatic rings. The van der Waals surface area contributed by atoms with Crippen molar-refractivity contribution in [3.63, 3.8) is 0 Å². The van der Waals surface area contributed by atoms with E-state index in [2.05, 4.69) is 29.6 Å². The summed E-state index contributed by atoms with van der Waals surface area (Å²) in [5.41, 5.74) is 6.89. The van der Waals surface area contributed by atoms with E-state index < -0.39 is 11.3 Å². The lowest BCUT2D eigenvalue weighted by Gasteiger charge is -2.51. The van der Waals surface area contributed by atoms with Gasteiger partial charge in [-0.05, 0) is 78.4 Å². The summed E-state index contributed by atoms with van der Waals surface area (Å²) in [4.78, 5) is 43.7. The highest BCUT2D eigenvalue weighted by atomic mass is 16.2. The van der Waals surface area contributed by atoms with Crippen molar-refractivity contribution in [1.82, 2.24) is 0 Å². The first-order valence-corrected chi connectivity index (χ1v) is 13.4. The van der Waals surface area contributed by atoms with Crippen molar-refractivity contribution in [2.24, 2.45) is 11.3 Å². The van der Waals surface area contributed by atoms with Crippen LogP contribution in [0.25, 0.3) is 0 Å². The summed E-state index contributed by atoms with van der Waals surface area (Å²) in [5, 5.41) is 2.98. The van der Waals surface area contributed by atoms with Gasteiger partial charge in [0.2, 0.25) is 11.8 Å². The molecular weight excluding hydrogens is 484 g/mol. The average molecular weight is 513 g/mol. The fraction of sp³-hybridized carbons (Fsp3) is 0.206. The van der Waals surface area contributed by atoms with Gasteiger partial charge in [-0.3, -0.25) is 14.4 Å². The van der Waals surface area contributed by atoms with E-state index in [-0.39, 0.29) is 29.6 Å². The van der Waals surface area contributed by atoms with Crippen LogP contribution in [0.15, 0.2) is 91.0 Å². The number of nitrogens with zero attached hydrogens (tertiary/aromatic N) is 1. The summed E-state index contributed by atoms with van der Waals surface area (Å²) in [5.74, 6) is -1.85. The van der Waals surface area contributed by atoms with E-state index in [0.717, 1.165) is 33.4 Å². The van der Waals surface area contributed by atoms with E-state index in [1.807, 2.05) is 63.2 Å². The number of anilines is 2. The molecule has 0 unspecified atom stereocenters. The van der Waals surface area contributed by atoms with Gasteiger partial charge < -0.3 is 5.32 Å². The fourth-order valence-electron chi connectivity index (χ4n) is 7.45. The Kier molecular flexibility index (Phi) is 4.99. The molecule has 1 fully saturated rings. The average Bonchev–Trinajstić information content (AvgIpc) is 3.13. The molecule has 39 heavy (non-hydrogen) atoms. The van der Waals surface area contributed by atoms with Crippen LogP contribution in [0, 0.1) is 25.2 Å². The van der Waals surface area contributed by atoms with Crippen LogP contribution in [-0.4, -0.2) is 17.7 Å². The fourth-order valence-corrected chi connectivity index (χ4v) is 7.45. The Morgan fingerprint density at radius 2 is 1.31 bits per heavy atom. The summed E-state index contributed by atoms with van der Waals surface area (Å²) in [6.45, 7) is 5.90. The molecule has 2 bridgehead atoms. The van der Waals surface area contributed by atoms with Crippen molar-refractivity contribution in [2.75, 3.05) is 10.2 Å². The Labute approximate surface area is 227 Å². The predicted molar refractivity (Wildman–Crippen MR) is 151 cm³/mol. The first-order chi connectivity index (χ1) is 18.8. The number of hydrogen-bond donors (Lipinski definition) is 1. The van der Waals surface area contributed by atoms with Crippen molar-refractivity contribution in [1.29, 1.82) is 0 Å². The third kappa shape index (κ3) is 3.16. The van der Waals surface area contributed by atoms with E-state index in [1.54, 1.807) is 24.3 Å². The van der Waals surface area contributed by atoms with Crippen molar-refractivity contribution >= 4 is 29.1 Å². The van der Waals surface area contributed by atoms with Gasteiger partial charge in [-0.1, -0.05) is 66.7 Å². The number of benzene rings is 4. The first kappa shape index (κ1) is 23.6. The zero-order valence-corrected chi connectivity index (χ0v) is 22.1. The molecule has 4 aliphatic rings. The van der Waals surface area contributed by atoms with Gasteiger partial charge in [-0.15, -0.1) is 0 Å². The molecule has 1 heterocycles. The Morgan fingerprint density at radius 1 is 0.769 bits per heavy atom. The quantitative estimate of drug-likeness (QED) is 0.326. The zero-order valence-electron chi connectivity index (χ0n) is 22.1. The van der Waals surface area contributed by atoms with Crippen molar-refractivity contribution < 1.29 is 14.4 Å². The molecule has 8 rings (SSSR count). The Morgan fingerprint density at radius 3 is 1.92 bits per heavy atom. The highest BCUT2D eigenvalue weighted by Crippen LogP contribution is 2.67. The maximum Gasteiger partial charge on any atom is 0.257 e. The van der Waals surface area contributed by atoms with E-state index >= 15 is 0 Å². The number of rotatable bonds is 3. The molecule has 4 aromatic carbocycles. The van der Waals surface area contributed by atoms with Crippen LogP contribution in [0.1, 0.15) is 62.5 Å². The minimum Gasteiger partial charge on any atom is -0.322 e. The lowest BCUT2D eigenvalue weighted by Crippen LogP contribution is -2.49. The normalized spacial score (nSPS) is 24.3. The van der Waals surface area contributed by atoms with E-state index in [9.17, 15) is 14.4 Å². The lowest BCUT2D eigenvalue weighted by atomic mass is 9.48. The molecule has 0 spiro atoms. The van der Waals surface area contributed by atoms with Gasteiger partial charge >= 0.3 is 0 Å². The molecule has 192 valence electrons. The van der Waals surface area contributed by atoms with E-state index in [1.165, 1.54) is 4.90 Å². The van der Waals surface area contributed by atoms with E-state index in [0.29, 0.717) is 16.9 Å². The molecule has 0 radical (unpaired) electrons. The Bertz CT molecular complexity index is 1660. The van der Waals surface area contributed by atoms with Crippen LogP contribution < -0.4 is 10.2 Å². The summed E-state index contributed by atoms with van der Waals surface area (Å²) in [7, 11) is 0. The predicted octanol–water partition coefficient (Wildman–Crippen LogP) is 6.34. The second kappa shape index (κ2) is 8.24. The molecule has 5 nitrogen and oxygen atoms in total. The molecule has 3 amide bonds. The SMILES string of the molecule is Cc1cc(C)cc(NC(=O)c2ccccc2N2C(=O)[C@@H]3C4c5ccccc5C(c5ccccc54)[C@@]3(C)C2=O)c1. The van der Waals surface area contributed by atoms with Gasteiger partial charge in [0.1, 0.15) is 0 Å². The summed E-state index contributed by atoms with van der Waals surface area (Å²) < 4.78 is 0. The molecule has 0 aromatic heterocycles. The summed E-state index contributed by atoms with van der Waals surface area (Å²) >= 11 is 0. The van der Waals surface area contributed by atoms with Crippen LogP contribution >= 0.6 is 0 Å². The van der Waals surface area contributed by atoms with Gasteiger partial charge in [0.25, 0.3) is 5.91 Å². The topological polar surface area (TPSA) is 66.5 Å². The largest absolute Gasteiger partial charge is 0.322 e. The smallest absolute Gasteiger partial charge is 0.257 e. The number of nitrogens with one attached hydrogen (secondary N) is 1. The van der Waals surface area contributed by atoms with Gasteiger partial charge in [-0.25, -0.2) is 4.90 Å². The number of aryl methyl sites for hydroxylation is 2. The molecular formula is C34H28N2O3. The number of amides is 3. The number of para-hydroxylation sites is 1. The third-order valence-electron chi connectivity index (χ3n) is 8.88. The molecule has 1 aliphatic heterocycles. The molecule has 3 aliphatic carbocycles.